The van der Waals surface area contributed by atoms with E-state index < -0.39 is 0 Å². The van der Waals surface area contributed by atoms with Crippen LogP contribution in [0.25, 0.3) is 32.4 Å². The number of anilines is 1. The Bertz CT molecular complexity index is 1290. The molecule has 0 saturated heterocycles. The fourth-order valence-electron chi connectivity index (χ4n) is 3.38. The zero-order chi connectivity index (χ0) is 20.1. The summed E-state index contributed by atoms with van der Waals surface area (Å²) >= 11 is 1.39. The molecule has 0 radical (unpaired) electrons. The van der Waals surface area contributed by atoms with Crippen molar-refractivity contribution < 1.29 is 14.0 Å². The molecule has 0 spiro atoms. The second kappa shape index (κ2) is 6.73. The van der Waals surface area contributed by atoms with Gasteiger partial charge in [-0.15, -0.1) is 0 Å². The van der Waals surface area contributed by atoms with E-state index in [4.69, 9.17) is 4.42 Å². The van der Waals surface area contributed by atoms with E-state index in [9.17, 15) is 9.59 Å². The molecule has 4 aromatic rings. The average Bonchev–Trinajstić information content (AvgIpc) is 3.31. The number of Topliss-reactive ketones (excluding diaryl/α,β-unsaturated/α-hetero) is 1. The van der Waals surface area contributed by atoms with Crippen LogP contribution in [0.15, 0.2) is 29.1 Å². The number of amides is 1. The quantitative estimate of drug-likeness (QED) is 0.480. The predicted molar refractivity (Wildman–Crippen MR) is 111 cm³/mol. The van der Waals surface area contributed by atoms with Crippen molar-refractivity contribution in [3.8, 4) is 11.1 Å². The molecule has 0 aliphatic heterocycles. The van der Waals surface area contributed by atoms with Gasteiger partial charge in [-0.3, -0.25) is 14.6 Å². The number of aromatic nitrogens is 3. The first-order valence-corrected chi connectivity index (χ1v) is 10.3. The summed E-state index contributed by atoms with van der Waals surface area (Å²) in [4.78, 5) is 37.4. The molecule has 1 N–H and O–H groups in total. The lowest BCUT2D eigenvalue weighted by atomic mass is 9.99. The molecule has 5 rings (SSSR count). The maximum absolute atomic E-state index is 12.1. The topological polar surface area (TPSA) is 98.0 Å². The van der Waals surface area contributed by atoms with Crippen LogP contribution in [0.5, 0.6) is 0 Å². The van der Waals surface area contributed by atoms with Crippen molar-refractivity contribution in [3.05, 3.63) is 36.0 Å². The number of pyridine rings is 1. The predicted octanol–water partition coefficient (Wildman–Crippen LogP) is 4.75. The highest BCUT2D eigenvalue weighted by Gasteiger charge is 2.30. The Morgan fingerprint density at radius 2 is 2.07 bits per heavy atom. The van der Waals surface area contributed by atoms with Gasteiger partial charge in [-0.1, -0.05) is 18.3 Å². The summed E-state index contributed by atoms with van der Waals surface area (Å²) in [5, 5.41) is 3.46. The third-order valence-electron chi connectivity index (χ3n) is 5.15. The maximum Gasteiger partial charge on any atom is 0.229 e. The molecule has 1 amide bonds. The molecule has 0 atom stereocenters. The number of fused-ring (bicyclic) bond motifs is 3. The van der Waals surface area contributed by atoms with Crippen LogP contribution in [0.4, 0.5) is 5.13 Å². The van der Waals surface area contributed by atoms with E-state index >= 15 is 0 Å². The lowest BCUT2D eigenvalue weighted by Crippen LogP contribution is -2.12. The Balaban J connectivity index is 1.62. The molecular weight excluding hydrogens is 388 g/mol. The number of hydrogen-bond acceptors (Lipinski definition) is 7. The highest BCUT2D eigenvalue weighted by Crippen LogP contribution is 2.39. The van der Waals surface area contributed by atoms with Gasteiger partial charge in [-0.05, 0) is 37.5 Å². The molecule has 8 heteroatoms. The van der Waals surface area contributed by atoms with Crippen molar-refractivity contribution in [3.63, 3.8) is 0 Å². The second-order valence-corrected chi connectivity index (χ2v) is 8.25. The van der Waals surface area contributed by atoms with Gasteiger partial charge in [0.25, 0.3) is 0 Å². The number of hydrogen-bond donors (Lipinski definition) is 1. The van der Waals surface area contributed by atoms with Crippen LogP contribution in [-0.2, 0) is 4.79 Å². The van der Waals surface area contributed by atoms with Crippen LogP contribution < -0.4 is 5.32 Å². The summed E-state index contributed by atoms with van der Waals surface area (Å²) in [6.45, 7) is 3.77. The van der Waals surface area contributed by atoms with E-state index in [1.54, 1.807) is 12.3 Å². The minimum Gasteiger partial charge on any atom is -0.442 e. The van der Waals surface area contributed by atoms with Gasteiger partial charge in [-0.25, -0.2) is 9.97 Å². The third-order valence-corrected chi connectivity index (χ3v) is 6.13. The standard InChI is InChI=1S/C21H18N4O3S/c1-3-16(26)14-6-10(2)13(8-22-14)12-7-15-19(18-17(12)23-9-28-18)29-21(24-15)25-20(27)11-4-5-11/h6-9,11H,3-5H2,1-2H3,(H,24,25,27). The molecule has 7 nitrogen and oxygen atoms in total. The van der Waals surface area contributed by atoms with Crippen molar-refractivity contribution in [2.75, 3.05) is 5.32 Å². The van der Waals surface area contributed by atoms with Gasteiger partial charge < -0.3 is 9.73 Å². The normalized spacial score (nSPS) is 13.9. The summed E-state index contributed by atoms with van der Waals surface area (Å²) in [6.07, 6.45) is 5.41. The molecule has 1 aromatic carbocycles. The molecule has 1 fully saturated rings. The number of carbonyl (C=O) groups excluding carboxylic acids is 2. The van der Waals surface area contributed by atoms with E-state index in [2.05, 4.69) is 20.3 Å². The van der Waals surface area contributed by atoms with Gasteiger partial charge in [0.2, 0.25) is 5.91 Å². The Labute approximate surface area is 170 Å². The minimum atomic E-state index is 0.0113. The van der Waals surface area contributed by atoms with Crippen LogP contribution in [-0.4, -0.2) is 26.6 Å². The fourth-order valence-corrected chi connectivity index (χ4v) is 4.32. The van der Waals surface area contributed by atoms with Gasteiger partial charge in [-0.2, -0.15) is 0 Å². The maximum atomic E-state index is 12.1. The Hall–Kier alpha value is -3.13. The van der Waals surface area contributed by atoms with Crippen molar-refractivity contribution in [2.45, 2.75) is 33.1 Å². The van der Waals surface area contributed by atoms with Crippen LogP contribution in [0.3, 0.4) is 0 Å². The molecule has 1 aliphatic rings. The number of aryl methyl sites for hydroxylation is 1. The number of nitrogens with one attached hydrogen (secondary N) is 1. The zero-order valence-electron chi connectivity index (χ0n) is 16.0. The summed E-state index contributed by atoms with van der Waals surface area (Å²) < 4.78 is 6.51. The summed E-state index contributed by atoms with van der Waals surface area (Å²) in [5.41, 5.74) is 5.18. The summed E-state index contributed by atoms with van der Waals surface area (Å²) in [7, 11) is 0. The first-order chi connectivity index (χ1) is 14.0. The van der Waals surface area contributed by atoms with Gasteiger partial charge >= 0.3 is 0 Å². The molecule has 29 heavy (non-hydrogen) atoms. The average molecular weight is 406 g/mol. The SMILES string of the molecule is CCC(=O)c1cc(C)c(-c2cc3nc(NC(=O)C4CC4)sc3c3ocnc23)cn1. The number of ketones is 1. The van der Waals surface area contributed by atoms with Crippen molar-refractivity contribution >= 4 is 49.5 Å². The number of oxazole rings is 1. The van der Waals surface area contributed by atoms with E-state index in [0.717, 1.165) is 39.7 Å². The Morgan fingerprint density at radius 3 is 2.79 bits per heavy atom. The van der Waals surface area contributed by atoms with Crippen molar-refractivity contribution in [2.24, 2.45) is 5.92 Å². The number of rotatable bonds is 5. The van der Waals surface area contributed by atoms with Gasteiger partial charge in [0.15, 0.2) is 22.9 Å². The lowest BCUT2D eigenvalue weighted by molar-refractivity contribution is -0.117. The first kappa shape index (κ1) is 17.9. The molecule has 3 aromatic heterocycles. The van der Waals surface area contributed by atoms with Crippen molar-refractivity contribution in [1.82, 2.24) is 15.0 Å². The molecule has 1 aliphatic carbocycles. The highest BCUT2D eigenvalue weighted by atomic mass is 32.1. The number of benzene rings is 1. The highest BCUT2D eigenvalue weighted by molar-refractivity contribution is 7.23. The molecule has 1 saturated carbocycles. The van der Waals surface area contributed by atoms with Crippen LogP contribution in [0.1, 0.15) is 42.2 Å². The summed E-state index contributed by atoms with van der Waals surface area (Å²) in [6, 6.07) is 3.74. The fraction of sp³-hybridized carbons (Fsp3) is 0.286. The Morgan fingerprint density at radius 1 is 1.24 bits per heavy atom. The van der Waals surface area contributed by atoms with Crippen LogP contribution in [0.2, 0.25) is 0 Å². The van der Waals surface area contributed by atoms with E-state index in [0.29, 0.717) is 28.3 Å². The van der Waals surface area contributed by atoms with E-state index in [1.165, 1.54) is 17.7 Å². The molecule has 0 unspecified atom stereocenters. The number of nitrogens with zero attached hydrogens (tertiary/aromatic N) is 3. The van der Waals surface area contributed by atoms with Gasteiger partial charge in [0.1, 0.15) is 15.9 Å². The lowest BCUT2D eigenvalue weighted by Gasteiger charge is -2.08. The van der Waals surface area contributed by atoms with Crippen LogP contribution >= 0.6 is 11.3 Å². The molecule has 0 bridgehead atoms. The molecule has 3 heterocycles. The monoisotopic (exact) mass is 406 g/mol. The summed E-state index contributed by atoms with van der Waals surface area (Å²) in [5.74, 6) is 0.146. The second-order valence-electron chi connectivity index (χ2n) is 7.25. The number of thiazole rings is 1. The van der Waals surface area contributed by atoms with Gasteiger partial charge in [0, 0.05) is 29.7 Å². The molecule has 146 valence electrons. The van der Waals surface area contributed by atoms with Gasteiger partial charge in [0.05, 0.1) is 5.52 Å². The minimum absolute atomic E-state index is 0.0113. The largest absolute Gasteiger partial charge is 0.442 e. The zero-order valence-corrected chi connectivity index (χ0v) is 16.8. The third kappa shape index (κ3) is 3.09. The van der Waals surface area contributed by atoms with Crippen molar-refractivity contribution in [1.29, 1.82) is 0 Å². The first-order valence-electron chi connectivity index (χ1n) is 9.53. The smallest absolute Gasteiger partial charge is 0.229 e. The van der Waals surface area contributed by atoms with E-state index in [-0.39, 0.29) is 17.6 Å². The molecular formula is C21H18N4O3S. The number of carbonyl (C=O) groups is 2. The van der Waals surface area contributed by atoms with E-state index in [1.807, 2.05) is 19.9 Å². The van der Waals surface area contributed by atoms with Crippen LogP contribution in [0, 0.1) is 12.8 Å². The Kier molecular flexibility index (Phi) is 4.16.